The van der Waals surface area contributed by atoms with Crippen molar-refractivity contribution in [3.8, 4) is 0 Å². The summed E-state index contributed by atoms with van der Waals surface area (Å²) in [6.45, 7) is 10.1. The number of nitrogens with two attached hydrogens (primary N) is 1. The SMILES string of the molecule is CC(C)C1CCN(c2cc(N)c(C=NCCC(C)(C)O)cc2NC(=O)c2cccc([N+](=O)[O-])c2)CC1. The van der Waals surface area contributed by atoms with E-state index in [0.717, 1.165) is 31.6 Å². The van der Waals surface area contributed by atoms with E-state index in [2.05, 4.69) is 29.1 Å². The quantitative estimate of drug-likeness (QED) is 0.196. The maximum atomic E-state index is 13.1. The van der Waals surface area contributed by atoms with Crippen LogP contribution in [0.15, 0.2) is 41.4 Å². The summed E-state index contributed by atoms with van der Waals surface area (Å²) in [4.78, 5) is 30.4. The maximum absolute atomic E-state index is 13.1. The molecule has 1 heterocycles. The van der Waals surface area contributed by atoms with E-state index in [1.54, 1.807) is 32.2 Å². The highest BCUT2D eigenvalue weighted by Crippen LogP contribution is 2.35. The fraction of sp³-hybridized carbons (Fsp3) is 0.481. The first-order chi connectivity index (χ1) is 16.9. The van der Waals surface area contributed by atoms with Gasteiger partial charge in [-0.3, -0.25) is 19.9 Å². The fourth-order valence-electron chi connectivity index (χ4n) is 4.36. The van der Waals surface area contributed by atoms with Gasteiger partial charge in [0.2, 0.25) is 0 Å². The summed E-state index contributed by atoms with van der Waals surface area (Å²) in [7, 11) is 0. The average molecular weight is 496 g/mol. The number of aliphatic hydroxyl groups is 1. The van der Waals surface area contributed by atoms with Crippen LogP contribution in [0, 0.1) is 22.0 Å². The molecule has 3 rings (SSSR count). The Balaban J connectivity index is 1.90. The van der Waals surface area contributed by atoms with Crippen molar-refractivity contribution < 1.29 is 14.8 Å². The summed E-state index contributed by atoms with van der Waals surface area (Å²) in [5, 5.41) is 24.0. The Morgan fingerprint density at radius 2 is 2.00 bits per heavy atom. The lowest BCUT2D eigenvalue weighted by Crippen LogP contribution is -2.36. The number of benzene rings is 2. The van der Waals surface area contributed by atoms with Crippen LogP contribution in [0.25, 0.3) is 0 Å². The van der Waals surface area contributed by atoms with Gasteiger partial charge in [-0.15, -0.1) is 0 Å². The van der Waals surface area contributed by atoms with Crippen molar-refractivity contribution >= 4 is 34.9 Å². The van der Waals surface area contributed by atoms with Crippen molar-refractivity contribution in [3.63, 3.8) is 0 Å². The average Bonchev–Trinajstić information content (AvgIpc) is 2.82. The second-order valence-electron chi connectivity index (χ2n) is 10.4. The zero-order chi connectivity index (χ0) is 26.5. The molecule has 194 valence electrons. The first-order valence-electron chi connectivity index (χ1n) is 12.4. The number of non-ortho nitro benzene ring substituents is 1. The predicted molar refractivity (Wildman–Crippen MR) is 145 cm³/mol. The number of nitro groups is 1. The molecule has 1 amide bonds. The summed E-state index contributed by atoms with van der Waals surface area (Å²) < 4.78 is 0. The molecule has 1 aliphatic heterocycles. The fourth-order valence-corrected chi connectivity index (χ4v) is 4.36. The molecule has 0 unspecified atom stereocenters. The molecular weight excluding hydrogens is 458 g/mol. The molecule has 0 saturated carbocycles. The lowest BCUT2D eigenvalue weighted by Gasteiger charge is -2.36. The summed E-state index contributed by atoms with van der Waals surface area (Å²) in [5.74, 6) is 0.836. The molecule has 0 bridgehead atoms. The number of anilines is 3. The van der Waals surface area contributed by atoms with Gasteiger partial charge in [-0.1, -0.05) is 19.9 Å². The molecular formula is C27H37N5O4. The third-order valence-electron chi connectivity index (χ3n) is 6.67. The maximum Gasteiger partial charge on any atom is 0.270 e. The number of piperidine rings is 1. The van der Waals surface area contributed by atoms with Crippen LogP contribution in [0.1, 0.15) is 62.9 Å². The first-order valence-corrected chi connectivity index (χ1v) is 12.4. The van der Waals surface area contributed by atoms with Gasteiger partial charge in [0.05, 0.1) is 21.9 Å². The molecule has 1 aliphatic rings. The van der Waals surface area contributed by atoms with E-state index in [0.29, 0.717) is 41.7 Å². The minimum absolute atomic E-state index is 0.143. The molecule has 0 aliphatic carbocycles. The molecule has 0 atom stereocenters. The molecule has 2 aromatic rings. The minimum Gasteiger partial charge on any atom is -0.398 e. The second-order valence-corrected chi connectivity index (χ2v) is 10.4. The molecule has 1 saturated heterocycles. The Kier molecular flexibility index (Phi) is 8.68. The standard InChI is InChI=1S/C27H37N5O4/c1-18(2)19-8-12-31(13-9-19)25-16-23(28)21(17-29-11-10-27(3,4)34)15-24(25)30-26(33)20-6-5-7-22(14-20)32(35)36/h5-7,14-19,34H,8-13,28H2,1-4H3,(H,30,33). The van der Waals surface area contributed by atoms with Gasteiger partial charge < -0.3 is 21.1 Å². The van der Waals surface area contributed by atoms with Gasteiger partial charge >= 0.3 is 0 Å². The number of aliphatic imine (C=N–C) groups is 1. The van der Waals surface area contributed by atoms with Crippen molar-refractivity contribution in [1.82, 2.24) is 0 Å². The highest BCUT2D eigenvalue weighted by molar-refractivity contribution is 6.07. The van der Waals surface area contributed by atoms with E-state index >= 15 is 0 Å². The Morgan fingerprint density at radius 3 is 2.61 bits per heavy atom. The zero-order valence-corrected chi connectivity index (χ0v) is 21.5. The van der Waals surface area contributed by atoms with Crippen molar-refractivity contribution in [2.24, 2.45) is 16.8 Å². The molecule has 4 N–H and O–H groups in total. The summed E-state index contributed by atoms with van der Waals surface area (Å²) in [6.07, 6.45) is 4.26. The van der Waals surface area contributed by atoms with Crippen LogP contribution < -0.4 is 16.0 Å². The van der Waals surface area contributed by atoms with E-state index in [4.69, 9.17) is 5.73 Å². The van der Waals surface area contributed by atoms with E-state index < -0.39 is 16.4 Å². The van der Waals surface area contributed by atoms with Gasteiger partial charge in [-0.25, -0.2) is 0 Å². The number of hydrogen-bond donors (Lipinski definition) is 3. The van der Waals surface area contributed by atoms with Crippen LogP contribution in [0.3, 0.4) is 0 Å². The summed E-state index contributed by atoms with van der Waals surface area (Å²) in [6, 6.07) is 9.31. The monoisotopic (exact) mass is 495 g/mol. The largest absolute Gasteiger partial charge is 0.398 e. The number of nitro benzene ring substituents is 1. The van der Waals surface area contributed by atoms with E-state index in [9.17, 15) is 20.0 Å². The van der Waals surface area contributed by atoms with Gasteiger partial charge in [-0.05, 0) is 63.1 Å². The molecule has 2 aromatic carbocycles. The van der Waals surface area contributed by atoms with Gasteiger partial charge in [0.25, 0.3) is 11.6 Å². The highest BCUT2D eigenvalue weighted by atomic mass is 16.6. The first kappa shape index (κ1) is 27.1. The topological polar surface area (TPSA) is 134 Å². The molecule has 1 fully saturated rings. The van der Waals surface area contributed by atoms with Crippen LogP contribution in [0.4, 0.5) is 22.7 Å². The lowest BCUT2D eigenvalue weighted by atomic mass is 9.86. The summed E-state index contributed by atoms with van der Waals surface area (Å²) in [5.41, 5.74) is 8.21. The van der Waals surface area contributed by atoms with Gasteiger partial charge in [0, 0.05) is 54.8 Å². The molecule has 36 heavy (non-hydrogen) atoms. The Morgan fingerprint density at radius 1 is 1.31 bits per heavy atom. The number of amides is 1. The van der Waals surface area contributed by atoms with Crippen molar-refractivity contribution in [2.45, 2.75) is 52.6 Å². The van der Waals surface area contributed by atoms with Gasteiger partial charge in [-0.2, -0.15) is 0 Å². The Hall–Kier alpha value is -3.46. The number of nitrogens with zero attached hydrogens (tertiary/aromatic N) is 3. The van der Waals surface area contributed by atoms with Crippen LogP contribution in [-0.4, -0.2) is 47.4 Å². The zero-order valence-electron chi connectivity index (χ0n) is 21.5. The lowest BCUT2D eigenvalue weighted by molar-refractivity contribution is -0.384. The third-order valence-corrected chi connectivity index (χ3v) is 6.67. The normalized spacial score (nSPS) is 15.0. The number of nitrogen functional groups attached to an aromatic ring is 1. The highest BCUT2D eigenvalue weighted by Gasteiger charge is 2.24. The Labute approximate surface area is 212 Å². The number of hydrogen-bond acceptors (Lipinski definition) is 7. The van der Waals surface area contributed by atoms with Crippen molar-refractivity contribution in [2.75, 3.05) is 35.6 Å². The van der Waals surface area contributed by atoms with E-state index in [-0.39, 0.29) is 11.3 Å². The Bertz CT molecular complexity index is 1120. The van der Waals surface area contributed by atoms with Gasteiger partial charge in [0.15, 0.2) is 0 Å². The number of carbonyl (C=O) groups is 1. The van der Waals surface area contributed by atoms with Crippen molar-refractivity contribution in [1.29, 1.82) is 0 Å². The number of carbonyl (C=O) groups excluding carboxylic acids is 1. The molecule has 9 nitrogen and oxygen atoms in total. The van der Waals surface area contributed by atoms with E-state index in [1.165, 1.54) is 18.2 Å². The minimum atomic E-state index is -0.813. The van der Waals surface area contributed by atoms with Crippen LogP contribution in [0.5, 0.6) is 0 Å². The number of nitrogens with one attached hydrogen (secondary N) is 1. The van der Waals surface area contributed by atoms with Crippen LogP contribution >= 0.6 is 0 Å². The smallest absolute Gasteiger partial charge is 0.270 e. The molecule has 0 radical (unpaired) electrons. The third kappa shape index (κ3) is 7.27. The van der Waals surface area contributed by atoms with Crippen molar-refractivity contribution in [3.05, 3.63) is 57.6 Å². The summed E-state index contributed by atoms with van der Waals surface area (Å²) >= 11 is 0. The predicted octanol–water partition coefficient (Wildman–Crippen LogP) is 4.88. The van der Waals surface area contributed by atoms with E-state index in [1.807, 2.05) is 6.07 Å². The number of rotatable bonds is 9. The van der Waals surface area contributed by atoms with Gasteiger partial charge in [0.1, 0.15) is 0 Å². The molecule has 0 aromatic heterocycles. The van der Waals surface area contributed by atoms with Crippen LogP contribution in [0.2, 0.25) is 0 Å². The van der Waals surface area contributed by atoms with Crippen LogP contribution in [-0.2, 0) is 0 Å². The second kappa shape index (κ2) is 11.5. The molecule has 0 spiro atoms. The molecule has 9 heteroatoms.